The van der Waals surface area contributed by atoms with Gasteiger partial charge in [0.05, 0.1) is 0 Å². The second-order valence-electron chi connectivity index (χ2n) is 8.90. The van der Waals surface area contributed by atoms with E-state index in [0.717, 1.165) is 23.7 Å². The highest BCUT2D eigenvalue weighted by Gasteiger charge is 2.40. The van der Waals surface area contributed by atoms with Gasteiger partial charge in [-0.05, 0) is 87.2 Å². The van der Waals surface area contributed by atoms with E-state index in [-0.39, 0.29) is 0 Å². The van der Waals surface area contributed by atoms with Gasteiger partial charge in [0.25, 0.3) is 0 Å². The SMILES string of the molecule is C1=CC(C2CCCCC2C2C=CC3=C2CCCC3)C2=C1CCCC2. The molecule has 0 bridgehead atoms. The zero-order chi connectivity index (χ0) is 15.9. The summed E-state index contributed by atoms with van der Waals surface area (Å²) in [6.07, 6.45) is 27.4. The molecule has 0 aliphatic heterocycles. The van der Waals surface area contributed by atoms with E-state index in [1.165, 1.54) is 77.0 Å². The van der Waals surface area contributed by atoms with Crippen LogP contribution in [0.25, 0.3) is 0 Å². The second-order valence-corrected chi connectivity index (χ2v) is 8.90. The van der Waals surface area contributed by atoms with Crippen LogP contribution in [0.15, 0.2) is 46.6 Å². The van der Waals surface area contributed by atoms with Crippen LogP contribution in [0, 0.1) is 23.7 Å². The molecule has 5 rings (SSSR count). The van der Waals surface area contributed by atoms with Crippen molar-refractivity contribution in [3.63, 3.8) is 0 Å². The average molecular weight is 321 g/mol. The molecule has 1 saturated carbocycles. The molecule has 1 fully saturated rings. The van der Waals surface area contributed by atoms with Crippen LogP contribution in [0.2, 0.25) is 0 Å². The van der Waals surface area contributed by atoms with Crippen LogP contribution in [-0.4, -0.2) is 0 Å². The molecule has 0 spiro atoms. The first-order valence-corrected chi connectivity index (χ1v) is 10.7. The molecule has 0 heteroatoms. The van der Waals surface area contributed by atoms with Crippen molar-refractivity contribution in [3.05, 3.63) is 46.6 Å². The summed E-state index contributed by atoms with van der Waals surface area (Å²) >= 11 is 0. The van der Waals surface area contributed by atoms with E-state index in [2.05, 4.69) is 24.3 Å². The Morgan fingerprint density at radius 2 is 1.00 bits per heavy atom. The van der Waals surface area contributed by atoms with Gasteiger partial charge in [-0.25, -0.2) is 0 Å². The number of rotatable bonds is 2. The quantitative estimate of drug-likeness (QED) is 0.519. The first-order valence-electron chi connectivity index (χ1n) is 10.7. The summed E-state index contributed by atoms with van der Waals surface area (Å²) in [5.74, 6) is 3.44. The minimum atomic E-state index is 0.798. The fourth-order valence-corrected chi connectivity index (χ4v) is 6.60. The molecule has 0 heterocycles. The van der Waals surface area contributed by atoms with Gasteiger partial charge >= 0.3 is 0 Å². The summed E-state index contributed by atoms with van der Waals surface area (Å²) in [6, 6.07) is 0. The zero-order valence-corrected chi connectivity index (χ0v) is 15.1. The van der Waals surface area contributed by atoms with Crippen molar-refractivity contribution in [3.8, 4) is 0 Å². The maximum absolute atomic E-state index is 2.62. The van der Waals surface area contributed by atoms with E-state index in [4.69, 9.17) is 0 Å². The van der Waals surface area contributed by atoms with Crippen LogP contribution in [-0.2, 0) is 0 Å². The molecule has 5 aliphatic rings. The minimum absolute atomic E-state index is 0.798. The van der Waals surface area contributed by atoms with Gasteiger partial charge in [-0.1, -0.05) is 48.3 Å². The molecule has 4 atom stereocenters. The summed E-state index contributed by atoms with van der Waals surface area (Å²) in [5, 5.41) is 0. The molecule has 0 aromatic rings. The Kier molecular flexibility index (Phi) is 4.03. The Hall–Kier alpha value is -1.04. The van der Waals surface area contributed by atoms with Crippen LogP contribution in [0.3, 0.4) is 0 Å². The first-order chi connectivity index (χ1) is 11.9. The molecule has 128 valence electrons. The number of hydrogen-bond donors (Lipinski definition) is 0. The van der Waals surface area contributed by atoms with Gasteiger partial charge in [0.2, 0.25) is 0 Å². The monoisotopic (exact) mass is 320 g/mol. The van der Waals surface area contributed by atoms with Crippen molar-refractivity contribution in [2.75, 3.05) is 0 Å². The Balaban J connectivity index is 1.43. The zero-order valence-electron chi connectivity index (χ0n) is 15.1. The van der Waals surface area contributed by atoms with Crippen molar-refractivity contribution in [2.24, 2.45) is 23.7 Å². The van der Waals surface area contributed by atoms with Crippen molar-refractivity contribution in [1.29, 1.82) is 0 Å². The lowest BCUT2D eigenvalue weighted by atomic mass is 9.63. The summed E-state index contributed by atoms with van der Waals surface area (Å²) in [7, 11) is 0. The van der Waals surface area contributed by atoms with Crippen LogP contribution in [0.1, 0.15) is 77.0 Å². The average Bonchev–Trinajstić information content (AvgIpc) is 3.26. The fraction of sp³-hybridized carbons (Fsp3) is 0.667. The lowest BCUT2D eigenvalue weighted by Crippen LogP contribution is -2.32. The van der Waals surface area contributed by atoms with Gasteiger partial charge < -0.3 is 0 Å². The molecule has 0 aromatic heterocycles. The number of allylic oxidation sites excluding steroid dienone is 8. The predicted molar refractivity (Wildman–Crippen MR) is 102 cm³/mol. The van der Waals surface area contributed by atoms with Gasteiger partial charge in [0.15, 0.2) is 0 Å². The Labute approximate surface area is 147 Å². The third-order valence-electron chi connectivity index (χ3n) is 7.72. The second kappa shape index (κ2) is 6.36. The normalized spacial score (nSPS) is 38.7. The third kappa shape index (κ3) is 2.49. The van der Waals surface area contributed by atoms with Crippen molar-refractivity contribution in [2.45, 2.75) is 77.0 Å². The molecule has 24 heavy (non-hydrogen) atoms. The van der Waals surface area contributed by atoms with Gasteiger partial charge in [0, 0.05) is 11.8 Å². The molecule has 5 aliphatic carbocycles. The number of hydrogen-bond acceptors (Lipinski definition) is 0. The van der Waals surface area contributed by atoms with E-state index in [0.29, 0.717) is 0 Å². The lowest BCUT2D eigenvalue weighted by molar-refractivity contribution is 0.169. The molecule has 4 unspecified atom stereocenters. The molecule has 0 aromatic carbocycles. The molecule has 0 N–H and O–H groups in total. The summed E-state index contributed by atoms with van der Waals surface area (Å²) in [5.41, 5.74) is 7.18. The molecule has 0 saturated heterocycles. The van der Waals surface area contributed by atoms with Crippen LogP contribution in [0.5, 0.6) is 0 Å². The van der Waals surface area contributed by atoms with Gasteiger partial charge in [-0.15, -0.1) is 0 Å². The van der Waals surface area contributed by atoms with E-state index in [1.54, 1.807) is 11.1 Å². The Bertz CT molecular complexity index is 570. The first kappa shape index (κ1) is 15.2. The predicted octanol–water partition coefficient (Wildman–Crippen LogP) is 6.91. The van der Waals surface area contributed by atoms with E-state index >= 15 is 0 Å². The van der Waals surface area contributed by atoms with Gasteiger partial charge in [-0.2, -0.15) is 0 Å². The van der Waals surface area contributed by atoms with Gasteiger partial charge in [0.1, 0.15) is 0 Å². The van der Waals surface area contributed by atoms with Gasteiger partial charge in [-0.3, -0.25) is 0 Å². The summed E-state index contributed by atoms with van der Waals surface area (Å²) in [4.78, 5) is 0. The molecule has 0 nitrogen and oxygen atoms in total. The highest BCUT2D eigenvalue weighted by Crippen LogP contribution is 2.52. The van der Waals surface area contributed by atoms with Crippen LogP contribution < -0.4 is 0 Å². The lowest BCUT2D eigenvalue weighted by Gasteiger charge is -2.41. The van der Waals surface area contributed by atoms with E-state index < -0.39 is 0 Å². The molecular weight excluding hydrogens is 288 g/mol. The standard InChI is InChI=1S/C24H32/c1-3-9-19-17(7-1)13-15-23(19)21-11-5-6-12-22(21)24-16-14-18-8-2-4-10-20(18)24/h13-16,21-24H,1-12H2. The Morgan fingerprint density at radius 1 is 0.542 bits per heavy atom. The minimum Gasteiger partial charge on any atom is -0.0768 e. The fourth-order valence-electron chi connectivity index (χ4n) is 6.60. The molecule has 0 radical (unpaired) electrons. The maximum atomic E-state index is 2.62. The highest BCUT2D eigenvalue weighted by molar-refractivity contribution is 5.41. The van der Waals surface area contributed by atoms with Crippen LogP contribution in [0.4, 0.5) is 0 Å². The summed E-state index contributed by atoms with van der Waals surface area (Å²) < 4.78 is 0. The summed E-state index contributed by atoms with van der Waals surface area (Å²) in [6.45, 7) is 0. The van der Waals surface area contributed by atoms with Crippen molar-refractivity contribution < 1.29 is 0 Å². The van der Waals surface area contributed by atoms with E-state index in [1.807, 2.05) is 11.1 Å². The largest absolute Gasteiger partial charge is 0.0768 e. The molecule has 0 amide bonds. The Morgan fingerprint density at radius 3 is 1.50 bits per heavy atom. The smallest absolute Gasteiger partial charge is 0.00170 e. The van der Waals surface area contributed by atoms with E-state index in [9.17, 15) is 0 Å². The topological polar surface area (TPSA) is 0 Å². The molecular formula is C24H32. The third-order valence-corrected chi connectivity index (χ3v) is 7.72. The van der Waals surface area contributed by atoms with Crippen molar-refractivity contribution in [1.82, 2.24) is 0 Å². The highest BCUT2D eigenvalue weighted by atomic mass is 14.4. The maximum Gasteiger partial charge on any atom is 0.00170 e. The van der Waals surface area contributed by atoms with Crippen molar-refractivity contribution >= 4 is 0 Å². The van der Waals surface area contributed by atoms with Crippen LogP contribution >= 0.6 is 0 Å².